The molecule has 0 spiro atoms. The molecule has 14 heavy (non-hydrogen) atoms. The Bertz CT molecular complexity index is 462. The smallest absolute Gasteiger partial charge is 0.111 e. The molecule has 1 aromatic heterocycles. The second-order valence-corrected chi connectivity index (χ2v) is 4.02. The lowest BCUT2D eigenvalue weighted by Crippen LogP contribution is -2.02. The number of aryl methyl sites for hydroxylation is 1. The van der Waals surface area contributed by atoms with Gasteiger partial charge in [-0.1, -0.05) is 12.1 Å². The minimum atomic E-state index is 0.667. The number of nitrogens with two attached hydrogens (primary N) is 1. The Labute approximate surface area is 91.0 Å². The Balaban J connectivity index is 2.71. The fraction of sp³-hybridized carbons (Fsp3) is 0.300. The van der Waals surface area contributed by atoms with Gasteiger partial charge in [-0.25, -0.2) is 0 Å². The standard InChI is InChI=1S/C10H12BrN3/c1-14-10(11)9-7(5-6-12)3-2-4-8(9)13-14/h2-4H,5-6,12H2,1H3. The molecule has 0 radical (unpaired) electrons. The number of halogens is 1. The van der Waals surface area contributed by atoms with Gasteiger partial charge in [-0.2, -0.15) is 5.10 Å². The second-order valence-electron chi connectivity index (χ2n) is 3.26. The predicted octanol–water partition coefficient (Wildman–Crippen LogP) is 1.84. The Morgan fingerprint density at radius 3 is 3.00 bits per heavy atom. The molecule has 0 aliphatic rings. The minimum Gasteiger partial charge on any atom is -0.330 e. The van der Waals surface area contributed by atoms with Crippen molar-refractivity contribution in [3.8, 4) is 0 Å². The van der Waals surface area contributed by atoms with Gasteiger partial charge in [-0.3, -0.25) is 4.68 Å². The molecule has 0 fully saturated rings. The molecule has 3 nitrogen and oxygen atoms in total. The first kappa shape index (κ1) is 9.68. The van der Waals surface area contributed by atoms with E-state index in [0.717, 1.165) is 16.5 Å². The van der Waals surface area contributed by atoms with Crippen LogP contribution >= 0.6 is 15.9 Å². The summed E-state index contributed by atoms with van der Waals surface area (Å²) in [6.07, 6.45) is 0.891. The molecule has 1 heterocycles. The molecular weight excluding hydrogens is 242 g/mol. The molecule has 2 N–H and O–H groups in total. The van der Waals surface area contributed by atoms with Crippen LogP contribution in [-0.2, 0) is 13.5 Å². The Hall–Kier alpha value is -0.870. The Morgan fingerprint density at radius 2 is 2.29 bits per heavy atom. The van der Waals surface area contributed by atoms with Crippen molar-refractivity contribution >= 4 is 26.8 Å². The first-order valence-corrected chi connectivity index (χ1v) is 5.33. The molecule has 0 unspecified atom stereocenters. The summed E-state index contributed by atoms with van der Waals surface area (Å²) in [4.78, 5) is 0. The molecule has 0 aliphatic carbocycles. The topological polar surface area (TPSA) is 43.8 Å². The highest BCUT2D eigenvalue weighted by molar-refractivity contribution is 9.10. The van der Waals surface area contributed by atoms with Crippen molar-refractivity contribution in [2.75, 3.05) is 6.54 Å². The molecule has 2 rings (SSSR count). The lowest BCUT2D eigenvalue weighted by molar-refractivity contribution is 0.761. The van der Waals surface area contributed by atoms with E-state index >= 15 is 0 Å². The van der Waals surface area contributed by atoms with Gasteiger partial charge in [0.05, 0.1) is 5.52 Å². The van der Waals surface area contributed by atoms with E-state index < -0.39 is 0 Å². The highest BCUT2D eigenvalue weighted by Crippen LogP contribution is 2.26. The fourth-order valence-corrected chi connectivity index (χ4v) is 2.18. The van der Waals surface area contributed by atoms with Crippen LogP contribution < -0.4 is 5.73 Å². The number of fused-ring (bicyclic) bond motifs is 1. The zero-order chi connectivity index (χ0) is 10.1. The highest BCUT2D eigenvalue weighted by atomic mass is 79.9. The van der Waals surface area contributed by atoms with Crippen molar-refractivity contribution in [2.45, 2.75) is 6.42 Å². The third-order valence-corrected chi connectivity index (χ3v) is 3.20. The first-order valence-electron chi connectivity index (χ1n) is 4.54. The SMILES string of the molecule is Cn1nc2cccc(CCN)c2c1Br. The molecule has 2 aromatic rings. The van der Waals surface area contributed by atoms with Crippen LogP contribution in [0.4, 0.5) is 0 Å². The van der Waals surface area contributed by atoms with Crippen LogP contribution in [0.3, 0.4) is 0 Å². The maximum atomic E-state index is 5.57. The van der Waals surface area contributed by atoms with E-state index in [1.165, 1.54) is 10.9 Å². The Morgan fingerprint density at radius 1 is 1.50 bits per heavy atom. The third kappa shape index (κ3) is 1.44. The maximum absolute atomic E-state index is 5.57. The fourth-order valence-electron chi connectivity index (χ4n) is 1.64. The van der Waals surface area contributed by atoms with Gasteiger partial charge in [0, 0.05) is 12.4 Å². The number of benzene rings is 1. The summed E-state index contributed by atoms with van der Waals surface area (Å²) in [6.45, 7) is 0.667. The number of hydrogen-bond donors (Lipinski definition) is 1. The zero-order valence-corrected chi connectivity index (χ0v) is 9.58. The van der Waals surface area contributed by atoms with Crippen molar-refractivity contribution < 1.29 is 0 Å². The van der Waals surface area contributed by atoms with Gasteiger partial charge in [0.1, 0.15) is 4.60 Å². The van der Waals surface area contributed by atoms with Crippen LogP contribution in [-0.4, -0.2) is 16.3 Å². The normalized spacial score (nSPS) is 11.1. The molecule has 0 aliphatic heterocycles. The number of hydrogen-bond acceptors (Lipinski definition) is 2. The molecule has 4 heteroatoms. The van der Waals surface area contributed by atoms with Gasteiger partial charge in [0.25, 0.3) is 0 Å². The average molecular weight is 254 g/mol. The molecule has 0 saturated heterocycles. The van der Waals surface area contributed by atoms with Crippen LogP contribution in [0.5, 0.6) is 0 Å². The van der Waals surface area contributed by atoms with Crippen molar-refractivity contribution in [2.24, 2.45) is 12.8 Å². The monoisotopic (exact) mass is 253 g/mol. The maximum Gasteiger partial charge on any atom is 0.111 e. The average Bonchev–Trinajstić information content (AvgIpc) is 2.45. The van der Waals surface area contributed by atoms with E-state index in [-0.39, 0.29) is 0 Å². The van der Waals surface area contributed by atoms with Crippen LogP contribution in [0.1, 0.15) is 5.56 Å². The van der Waals surface area contributed by atoms with Gasteiger partial charge in [0.15, 0.2) is 0 Å². The van der Waals surface area contributed by atoms with Gasteiger partial charge in [0.2, 0.25) is 0 Å². The third-order valence-electron chi connectivity index (χ3n) is 2.29. The largest absolute Gasteiger partial charge is 0.330 e. The molecule has 1 aromatic carbocycles. The van der Waals surface area contributed by atoms with Crippen LogP contribution in [0, 0.1) is 0 Å². The van der Waals surface area contributed by atoms with E-state index in [9.17, 15) is 0 Å². The summed E-state index contributed by atoms with van der Waals surface area (Å²) in [5.41, 5.74) is 7.84. The number of rotatable bonds is 2. The van der Waals surface area contributed by atoms with Crippen molar-refractivity contribution in [3.63, 3.8) is 0 Å². The van der Waals surface area contributed by atoms with Crippen LogP contribution in [0.2, 0.25) is 0 Å². The summed E-state index contributed by atoms with van der Waals surface area (Å²) in [7, 11) is 1.93. The lowest BCUT2D eigenvalue weighted by Gasteiger charge is -2.00. The van der Waals surface area contributed by atoms with Crippen molar-refractivity contribution in [1.29, 1.82) is 0 Å². The minimum absolute atomic E-state index is 0.667. The molecule has 0 atom stereocenters. The summed E-state index contributed by atoms with van der Waals surface area (Å²) < 4.78 is 2.86. The molecule has 0 amide bonds. The van der Waals surface area contributed by atoms with Gasteiger partial charge < -0.3 is 5.73 Å². The number of aromatic nitrogens is 2. The summed E-state index contributed by atoms with van der Waals surface area (Å²) in [5, 5.41) is 5.57. The molecule has 0 saturated carbocycles. The zero-order valence-electron chi connectivity index (χ0n) is 8.00. The second kappa shape index (κ2) is 3.71. The van der Waals surface area contributed by atoms with E-state index in [4.69, 9.17) is 5.73 Å². The molecule has 74 valence electrons. The highest BCUT2D eigenvalue weighted by Gasteiger charge is 2.09. The van der Waals surface area contributed by atoms with Crippen LogP contribution in [0.25, 0.3) is 10.9 Å². The van der Waals surface area contributed by atoms with Crippen molar-refractivity contribution in [3.05, 3.63) is 28.4 Å². The number of nitrogens with zero attached hydrogens (tertiary/aromatic N) is 2. The van der Waals surface area contributed by atoms with Crippen molar-refractivity contribution in [1.82, 2.24) is 9.78 Å². The van der Waals surface area contributed by atoms with E-state index in [1.54, 1.807) is 0 Å². The quantitative estimate of drug-likeness (QED) is 0.888. The lowest BCUT2D eigenvalue weighted by atomic mass is 10.1. The molecular formula is C10H12BrN3. The molecule has 0 bridgehead atoms. The van der Waals surface area contributed by atoms with Gasteiger partial charge in [-0.05, 0) is 40.5 Å². The van der Waals surface area contributed by atoms with E-state index in [2.05, 4.69) is 27.1 Å². The van der Waals surface area contributed by atoms with E-state index in [1.807, 2.05) is 23.9 Å². The van der Waals surface area contributed by atoms with Crippen LogP contribution in [0.15, 0.2) is 22.8 Å². The summed E-state index contributed by atoms with van der Waals surface area (Å²) >= 11 is 3.53. The van der Waals surface area contributed by atoms with Gasteiger partial charge in [-0.15, -0.1) is 0 Å². The summed E-state index contributed by atoms with van der Waals surface area (Å²) in [6, 6.07) is 6.13. The van der Waals surface area contributed by atoms with E-state index in [0.29, 0.717) is 6.54 Å². The first-order chi connectivity index (χ1) is 6.74. The summed E-state index contributed by atoms with van der Waals surface area (Å²) in [5.74, 6) is 0. The predicted molar refractivity (Wildman–Crippen MR) is 61.2 cm³/mol. The van der Waals surface area contributed by atoms with Gasteiger partial charge >= 0.3 is 0 Å². The Kier molecular flexibility index (Phi) is 2.56.